The topological polar surface area (TPSA) is 97.0 Å². The van der Waals surface area contributed by atoms with Gasteiger partial charge in [0.2, 0.25) is 0 Å². The van der Waals surface area contributed by atoms with Crippen LogP contribution in [-0.4, -0.2) is 65.2 Å². The number of ether oxygens (including phenoxy) is 2. The van der Waals surface area contributed by atoms with Crippen LogP contribution in [0.3, 0.4) is 0 Å². The number of hydrogen-bond acceptors (Lipinski definition) is 6. The highest BCUT2D eigenvalue weighted by atomic mass is 32.2. The van der Waals surface area contributed by atoms with E-state index >= 15 is 0 Å². The Morgan fingerprint density at radius 2 is 1.91 bits per heavy atom. The number of nitrogens with one attached hydrogen (secondary N) is 2. The number of likely N-dealkylation sites (N-methyl/N-ethyl adjacent to an activating group) is 1. The Kier molecular flexibility index (Phi) is 7.99. The molecule has 8 nitrogen and oxygen atoms in total. The van der Waals surface area contributed by atoms with Crippen molar-refractivity contribution in [2.24, 2.45) is 5.92 Å². The molecule has 1 aliphatic rings. The number of nitrogens with zero attached hydrogens (tertiary/aromatic N) is 1. The van der Waals surface area contributed by atoms with Gasteiger partial charge in [-0.25, -0.2) is 8.42 Å². The van der Waals surface area contributed by atoms with Crippen molar-refractivity contribution < 1.29 is 22.7 Å². The third-order valence-corrected chi connectivity index (χ3v) is 7.40. The van der Waals surface area contributed by atoms with E-state index in [-0.39, 0.29) is 28.9 Å². The summed E-state index contributed by atoms with van der Waals surface area (Å²) >= 11 is 0. The molecule has 0 unspecified atom stereocenters. The second-order valence-corrected chi connectivity index (χ2v) is 10.3. The molecular weight excluding hydrogens is 442 g/mol. The van der Waals surface area contributed by atoms with Crippen molar-refractivity contribution >= 4 is 21.6 Å². The molecule has 0 saturated carbocycles. The Labute approximate surface area is 196 Å². The van der Waals surface area contributed by atoms with Crippen molar-refractivity contribution in [2.75, 3.05) is 38.6 Å². The minimum atomic E-state index is -3.79. The molecule has 3 atom stereocenters. The molecule has 0 fully saturated rings. The minimum Gasteiger partial charge on any atom is -0.491 e. The largest absolute Gasteiger partial charge is 0.491 e. The van der Waals surface area contributed by atoms with Crippen molar-refractivity contribution in [3.05, 3.63) is 53.6 Å². The normalized spacial score (nSPS) is 22.5. The third kappa shape index (κ3) is 6.04. The Morgan fingerprint density at radius 1 is 1.18 bits per heavy atom. The van der Waals surface area contributed by atoms with Crippen LogP contribution in [0.4, 0.5) is 5.69 Å². The molecule has 1 amide bonds. The Morgan fingerprint density at radius 3 is 2.61 bits per heavy atom. The number of benzene rings is 2. The first kappa shape index (κ1) is 25.0. The molecule has 1 aliphatic heterocycles. The molecule has 1 heterocycles. The number of anilines is 1. The van der Waals surface area contributed by atoms with Gasteiger partial charge < -0.3 is 19.7 Å². The average molecular weight is 476 g/mol. The number of aryl methyl sites for hydroxylation is 1. The number of sulfonamides is 1. The number of carbonyl (C=O) groups excluding carboxylic acids is 1. The summed E-state index contributed by atoms with van der Waals surface area (Å²) in [6.45, 7) is 7.29. The van der Waals surface area contributed by atoms with Gasteiger partial charge in [0.05, 0.1) is 22.3 Å². The van der Waals surface area contributed by atoms with E-state index in [1.54, 1.807) is 68.4 Å². The summed E-state index contributed by atoms with van der Waals surface area (Å²) in [5.41, 5.74) is 1.33. The quantitative estimate of drug-likeness (QED) is 0.706. The first-order valence-corrected chi connectivity index (χ1v) is 12.5. The number of amides is 1. The van der Waals surface area contributed by atoms with E-state index in [0.29, 0.717) is 42.3 Å². The maximum absolute atomic E-state index is 13.2. The Hall–Kier alpha value is -2.62. The minimum absolute atomic E-state index is 0.0254. The molecule has 2 aromatic carbocycles. The van der Waals surface area contributed by atoms with Crippen LogP contribution >= 0.6 is 0 Å². The van der Waals surface area contributed by atoms with Crippen LogP contribution in [0.2, 0.25) is 0 Å². The van der Waals surface area contributed by atoms with Crippen molar-refractivity contribution in [2.45, 2.75) is 37.8 Å². The number of carbonyl (C=O) groups is 1. The first-order chi connectivity index (χ1) is 15.6. The van der Waals surface area contributed by atoms with Crippen LogP contribution < -0.4 is 14.8 Å². The predicted molar refractivity (Wildman–Crippen MR) is 128 cm³/mol. The molecular formula is C24H33N3O5S. The Bertz CT molecular complexity index is 1090. The maximum atomic E-state index is 13.2. The zero-order valence-electron chi connectivity index (χ0n) is 19.8. The summed E-state index contributed by atoms with van der Waals surface area (Å²) in [5, 5.41) is 3.43. The average Bonchev–Trinajstić information content (AvgIpc) is 2.78. The first-order valence-electron chi connectivity index (χ1n) is 11.0. The van der Waals surface area contributed by atoms with Gasteiger partial charge in [-0.15, -0.1) is 0 Å². The highest BCUT2D eigenvalue weighted by molar-refractivity contribution is 7.92. The third-order valence-electron chi connectivity index (χ3n) is 5.86. The monoisotopic (exact) mass is 475 g/mol. The van der Waals surface area contributed by atoms with Gasteiger partial charge >= 0.3 is 0 Å². The van der Waals surface area contributed by atoms with E-state index in [0.717, 1.165) is 0 Å². The van der Waals surface area contributed by atoms with Crippen molar-refractivity contribution in [3.63, 3.8) is 0 Å². The van der Waals surface area contributed by atoms with E-state index in [9.17, 15) is 13.2 Å². The lowest BCUT2D eigenvalue weighted by atomic mass is 10.0. The molecule has 3 rings (SSSR count). The highest BCUT2D eigenvalue weighted by Crippen LogP contribution is 2.28. The van der Waals surface area contributed by atoms with E-state index in [1.807, 2.05) is 6.92 Å². The van der Waals surface area contributed by atoms with Crippen LogP contribution in [0.1, 0.15) is 29.8 Å². The second kappa shape index (κ2) is 10.5. The van der Waals surface area contributed by atoms with Crippen molar-refractivity contribution in [3.8, 4) is 5.75 Å². The van der Waals surface area contributed by atoms with E-state index in [2.05, 4.69) is 17.0 Å². The van der Waals surface area contributed by atoms with Crippen LogP contribution in [0, 0.1) is 12.8 Å². The van der Waals surface area contributed by atoms with Gasteiger partial charge in [-0.2, -0.15) is 0 Å². The summed E-state index contributed by atoms with van der Waals surface area (Å²) in [4.78, 5) is 15.0. The number of rotatable bonds is 4. The lowest BCUT2D eigenvalue weighted by Gasteiger charge is -2.30. The standard InChI is InChI=1S/C24H33N3O5S/c1-16-8-6-7-9-23(16)33(29,30)26-19-10-11-20-21(12-19)32-15-18(3)25-13-17(2)22(31-5)14-27(4)24(20)28/h6-12,17-18,22,25-26H,13-15H2,1-5H3/t17-,18-,22+/m0/s1. The molecule has 0 spiro atoms. The molecule has 0 radical (unpaired) electrons. The second-order valence-electron chi connectivity index (χ2n) is 8.64. The lowest BCUT2D eigenvalue weighted by Crippen LogP contribution is -2.44. The van der Waals surface area contributed by atoms with E-state index in [4.69, 9.17) is 9.47 Å². The fourth-order valence-corrected chi connectivity index (χ4v) is 5.08. The van der Waals surface area contributed by atoms with Gasteiger partial charge in [0.25, 0.3) is 15.9 Å². The van der Waals surface area contributed by atoms with Gasteiger partial charge in [0.15, 0.2) is 0 Å². The fraction of sp³-hybridized carbons (Fsp3) is 0.458. The van der Waals surface area contributed by atoms with Crippen LogP contribution in [0.15, 0.2) is 47.4 Å². The zero-order valence-corrected chi connectivity index (χ0v) is 20.6. The molecule has 180 valence electrons. The maximum Gasteiger partial charge on any atom is 0.262 e. The van der Waals surface area contributed by atoms with Gasteiger partial charge in [-0.1, -0.05) is 25.1 Å². The van der Waals surface area contributed by atoms with Crippen LogP contribution in [-0.2, 0) is 14.8 Å². The number of fused-ring (bicyclic) bond motifs is 1. The molecule has 0 bridgehead atoms. The summed E-state index contributed by atoms with van der Waals surface area (Å²) < 4.78 is 40.1. The van der Waals surface area contributed by atoms with E-state index in [1.165, 1.54) is 0 Å². The molecule has 2 aromatic rings. The lowest BCUT2D eigenvalue weighted by molar-refractivity contribution is 0.0281. The molecule has 2 N–H and O–H groups in total. The summed E-state index contributed by atoms with van der Waals surface area (Å²) in [7, 11) is -0.417. The summed E-state index contributed by atoms with van der Waals surface area (Å²) in [5.74, 6) is 0.312. The predicted octanol–water partition coefficient (Wildman–Crippen LogP) is 2.89. The van der Waals surface area contributed by atoms with Gasteiger partial charge in [0, 0.05) is 39.4 Å². The van der Waals surface area contributed by atoms with Crippen molar-refractivity contribution in [1.82, 2.24) is 10.2 Å². The fourth-order valence-electron chi connectivity index (χ4n) is 3.79. The molecule has 9 heteroatoms. The van der Waals surface area contributed by atoms with Gasteiger partial charge in [-0.05, 0) is 43.5 Å². The van der Waals surface area contributed by atoms with Crippen LogP contribution in [0.25, 0.3) is 0 Å². The molecule has 0 aliphatic carbocycles. The SMILES string of the molecule is CO[C@@H]1CN(C)C(=O)c2ccc(NS(=O)(=O)c3ccccc3C)cc2OC[C@H](C)NC[C@@H]1C. The summed E-state index contributed by atoms with van der Waals surface area (Å²) in [6.07, 6.45) is -0.123. The van der Waals surface area contributed by atoms with E-state index < -0.39 is 10.0 Å². The zero-order chi connectivity index (χ0) is 24.2. The van der Waals surface area contributed by atoms with Crippen LogP contribution in [0.5, 0.6) is 5.75 Å². The molecule has 33 heavy (non-hydrogen) atoms. The van der Waals surface area contributed by atoms with Gasteiger partial charge in [-0.3, -0.25) is 9.52 Å². The van der Waals surface area contributed by atoms with Gasteiger partial charge in [0.1, 0.15) is 12.4 Å². The Balaban J connectivity index is 1.93. The van der Waals surface area contributed by atoms with Crippen molar-refractivity contribution in [1.29, 1.82) is 0 Å². The molecule has 0 aromatic heterocycles. The number of methoxy groups -OCH3 is 1. The highest BCUT2D eigenvalue weighted by Gasteiger charge is 2.26. The number of hydrogen-bond donors (Lipinski definition) is 2. The molecule has 0 saturated heterocycles. The smallest absolute Gasteiger partial charge is 0.262 e. The summed E-state index contributed by atoms with van der Waals surface area (Å²) in [6, 6.07) is 11.5.